The number of benzene rings is 1. The summed E-state index contributed by atoms with van der Waals surface area (Å²) < 4.78 is 0.560. The van der Waals surface area contributed by atoms with Crippen LogP contribution in [0.4, 0.5) is 0 Å². The summed E-state index contributed by atoms with van der Waals surface area (Å²) in [6.07, 6.45) is 0. The van der Waals surface area contributed by atoms with E-state index in [1.807, 2.05) is 12.1 Å². The molecule has 0 fully saturated rings. The molecule has 0 spiro atoms. The quantitative estimate of drug-likeness (QED) is 0.535. The minimum atomic E-state index is 0.560. The van der Waals surface area contributed by atoms with E-state index in [0.717, 1.165) is 5.02 Å². The van der Waals surface area contributed by atoms with Gasteiger partial charge in [-0.2, -0.15) is 0 Å². The highest BCUT2D eigenvalue weighted by atomic mass is 127. The number of aryl methyl sites for hydroxylation is 1. The second-order valence-corrected chi connectivity index (χ2v) is 4.92. The Labute approximate surface area is 86.1 Å². The van der Waals surface area contributed by atoms with Gasteiger partial charge in [0.25, 0.3) is 0 Å². The molecular weight excluding hydrogens is 270 g/mol. The highest BCUT2D eigenvalue weighted by molar-refractivity contribution is 14.1. The lowest BCUT2D eigenvalue weighted by atomic mass is 10.1. The fraction of sp³-hybridized carbons (Fsp3) is 0.333. The van der Waals surface area contributed by atoms with Gasteiger partial charge in [0, 0.05) is 8.95 Å². The van der Waals surface area contributed by atoms with Crippen molar-refractivity contribution in [3.63, 3.8) is 0 Å². The predicted molar refractivity (Wildman–Crippen MR) is 58.6 cm³/mol. The second-order valence-electron chi connectivity index (χ2n) is 2.62. The number of halogens is 2. The Bertz CT molecular complexity index is 256. The SMILES string of the molecule is Cc1cc(Cl)ccc1C(C)I. The maximum absolute atomic E-state index is 5.82. The van der Waals surface area contributed by atoms with Crippen LogP contribution in [0.5, 0.6) is 0 Å². The molecule has 0 amide bonds. The van der Waals surface area contributed by atoms with Crippen molar-refractivity contribution in [1.29, 1.82) is 0 Å². The Balaban J connectivity index is 3.09. The third kappa shape index (κ3) is 2.34. The van der Waals surface area contributed by atoms with Crippen molar-refractivity contribution >= 4 is 34.2 Å². The molecule has 11 heavy (non-hydrogen) atoms. The Morgan fingerprint density at radius 1 is 1.45 bits per heavy atom. The Morgan fingerprint density at radius 3 is 2.55 bits per heavy atom. The molecule has 0 bridgehead atoms. The largest absolute Gasteiger partial charge is 0.0843 e. The van der Waals surface area contributed by atoms with E-state index in [0.29, 0.717) is 3.92 Å². The van der Waals surface area contributed by atoms with Crippen LogP contribution >= 0.6 is 34.2 Å². The van der Waals surface area contributed by atoms with E-state index in [1.165, 1.54) is 11.1 Å². The van der Waals surface area contributed by atoms with Crippen LogP contribution in [0.15, 0.2) is 18.2 Å². The molecule has 0 N–H and O–H groups in total. The van der Waals surface area contributed by atoms with E-state index in [1.54, 1.807) is 0 Å². The zero-order chi connectivity index (χ0) is 8.43. The van der Waals surface area contributed by atoms with Gasteiger partial charge in [0.15, 0.2) is 0 Å². The summed E-state index contributed by atoms with van der Waals surface area (Å²) in [4.78, 5) is 0. The molecule has 1 unspecified atom stereocenters. The molecule has 1 aromatic carbocycles. The highest BCUT2D eigenvalue weighted by Crippen LogP contribution is 2.27. The van der Waals surface area contributed by atoms with Gasteiger partial charge in [-0.3, -0.25) is 0 Å². The van der Waals surface area contributed by atoms with E-state index < -0.39 is 0 Å². The summed E-state index contributed by atoms with van der Waals surface area (Å²) in [5.41, 5.74) is 2.65. The molecule has 1 rings (SSSR count). The Kier molecular flexibility index (Phi) is 3.19. The predicted octanol–water partition coefficient (Wildman–Crippen LogP) is 4.14. The fourth-order valence-electron chi connectivity index (χ4n) is 1.09. The van der Waals surface area contributed by atoms with Crippen LogP contribution < -0.4 is 0 Å². The van der Waals surface area contributed by atoms with Crippen molar-refractivity contribution in [2.24, 2.45) is 0 Å². The van der Waals surface area contributed by atoms with E-state index in [4.69, 9.17) is 11.6 Å². The molecule has 0 aliphatic heterocycles. The molecule has 1 aromatic rings. The van der Waals surface area contributed by atoms with Gasteiger partial charge >= 0.3 is 0 Å². The minimum absolute atomic E-state index is 0.560. The summed E-state index contributed by atoms with van der Waals surface area (Å²) in [6, 6.07) is 6.04. The smallest absolute Gasteiger partial charge is 0.0408 e. The summed E-state index contributed by atoms with van der Waals surface area (Å²) >= 11 is 8.22. The summed E-state index contributed by atoms with van der Waals surface area (Å²) in [6.45, 7) is 4.27. The third-order valence-electron chi connectivity index (χ3n) is 1.66. The number of hydrogen-bond donors (Lipinski definition) is 0. The number of alkyl halides is 1. The lowest BCUT2D eigenvalue weighted by Crippen LogP contribution is -1.87. The average molecular weight is 281 g/mol. The first-order valence-corrected chi connectivity index (χ1v) is 5.13. The highest BCUT2D eigenvalue weighted by Gasteiger charge is 2.03. The fourth-order valence-corrected chi connectivity index (χ4v) is 2.01. The molecule has 0 aliphatic rings. The third-order valence-corrected chi connectivity index (χ3v) is 2.57. The van der Waals surface area contributed by atoms with Crippen molar-refractivity contribution < 1.29 is 0 Å². The molecule has 0 aliphatic carbocycles. The van der Waals surface area contributed by atoms with Crippen LogP contribution in [0.25, 0.3) is 0 Å². The molecule has 0 saturated carbocycles. The van der Waals surface area contributed by atoms with Gasteiger partial charge in [-0.25, -0.2) is 0 Å². The standard InChI is InChI=1S/C9H10ClI/c1-6-5-8(10)3-4-9(6)7(2)11/h3-5,7H,1-2H3. The zero-order valence-electron chi connectivity index (χ0n) is 6.57. The monoisotopic (exact) mass is 280 g/mol. The van der Waals surface area contributed by atoms with Gasteiger partial charge in [0.1, 0.15) is 0 Å². The minimum Gasteiger partial charge on any atom is -0.0843 e. The normalized spacial score (nSPS) is 13.1. The molecule has 1 atom stereocenters. The summed E-state index contributed by atoms with van der Waals surface area (Å²) in [7, 11) is 0. The molecule has 60 valence electrons. The average Bonchev–Trinajstić information content (AvgIpc) is 1.85. The van der Waals surface area contributed by atoms with Crippen LogP contribution in [0.1, 0.15) is 22.0 Å². The van der Waals surface area contributed by atoms with Crippen molar-refractivity contribution in [2.75, 3.05) is 0 Å². The van der Waals surface area contributed by atoms with Crippen molar-refractivity contribution in [3.8, 4) is 0 Å². The first-order valence-electron chi connectivity index (χ1n) is 3.51. The van der Waals surface area contributed by atoms with E-state index in [2.05, 4.69) is 42.5 Å². The number of hydrogen-bond acceptors (Lipinski definition) is 0. The molecule has 0 aromatic heterocycles. The molecule has 0 radical (unpaired) electrons. The van der Waals surface area contributed by atoms with Crippen LogP contribution in [-0.2, 0) is 0 Å². The molecular formula is C9H10ClI. The van der Waals surface area contributed by atoms with Crippen LogP contribution in [-0.4, -0.2) is 0 Å². The second kappa shape index (κ2) is 3.76. The summed E-state index contributed by atoms with van der Waals surface area (Å²) in [5.74, 6) is 0. The van der Waals surface area contributed by atoms with Crippen molar-refractivity contribution in [1.82, 2.24) is 0 Å². The van der Waals surface area contributed by atoms with Gasteiger partial charge < -0.3 is 0 Å². The van der Waals surface area contributed by atoms with Crippen molar-refractivity contribution in [3.05, 3.63) is 34.3 Å². The maximum atomic E-state index is 5.82. The molecule has 0 heterocycles. The first-order chi connectivity index (χ1) is 5.11. The van der Waals surface area contributed by atoms with Crippen LogP contribution in [0, 0.1) is 6.92 Å². The van der Waals surface area contributed by atoms with Gasteiger partial charge in [-0.05, 0) is 37.1 Å². The Morgan fingerprint density at radius 2 is 2.09 bits per heavy atom. The van der Waals surface area contributed by atoms with Crippen LogP contribution in [0.3, 0.4) is 0 Å². The topological polar surface area (TPSA) is 0 Å². The lowest BCUT2D eigenvalue weighted by molar-refractivity contribution is 1.12. The molecule has 0 nitrogen and oxygen atoms in total. The first kappa shape index (κ1) is 9.33. The number of rotatable bonds is 1. The lowest BCUT2D eigenvalue weighted by Gasteiger charge is -2.07. The van der Waals surface area contributed by atoms with E-state index in [9.17, 15) is 0 Å². The van der Waals surface area contributed by atoms with Crippen LogP contribution in [0.2, 0.25) is 5.02 Å². The summed E-state index contributed by atoms with van der Waals surface area (Å²) in [5, 5.41) is 0.823. The van der Waals surface area contributed by atoms with Gasteiger partial charge in [0.05, 0.1) is 0 Å². The van der Waals surface area contributed by atoms with E-state index >= 15 is 0 Å². The zero-order valence-corrected chi connectivity index (χ0v) is 9.48. The van der Waals surface area contributed by atoms with E-state index in [-0.39, 0.29) is 0 Å². The molecule has 0 saturated heterocycles. The maximum Gasteiger partial charge on any atom is 0.0408 e. The van der Waals surface area contributed by atoms with Gasteiger partial charge in [-0.1, -0.05) is 40.3 Å². The van der Waals surface area contributed by atoms with Crippen molar-refractivity contribution in [2.45, 2.75) is 17.8 Å². The van der Waals surface area contributed by atoms with Gasteiger partial charge in [0.2, 0.25) is 0 Å². The van der Waals surface area contributed by atoms with Gasteiger partial charge in [-0.15, -0.1) is 0 Å². The molecule has 2 heteroatoms. The Hall–Kier alpha value is 0.240.